The van der Waals surface area contributed by atoms with Gasteiger partial charge in [-0.15, -0.1) is 11.3 Å². The monoisotopic (exact) mass is 371 g/mol. The number of rotatable bonds is 1. The first kappa shape index (κ1) is 16.5. The van der Waals surface area contributed by atoms with Gasteiger partial charge in [0, 0.05) is 32.5 Å². The van der Waals surface area contributed by atoms with Gasteiger partial charge >= 0.3 is 0 Å². The average Bonchev–Trinajstić information content (AvgIpc) is 3.27. The molecule has 2 aromatic carbocycles. The summed E-state index contributed by atoms with van der Waals surface area (Å²) in [7, 11) is 0. The number of carbonyl (C=O) groups is 1. The van der Waals surface area contributed by atoms with Crippen molar-refractivity contribution in [2.75, 3.05) is 0 Å². The van der Waals surface area contributed by atoms with Crippen LogP contribution in [0, 0.1) is 13.8 Å². The van der Waals surface area contributed by atoms with E-state index in [-0.39, 0.29) is 11.2 Å². The molecular weight excluding hydrogens is 350 g/mol. The molecule has 0 amide bonds. The lowest BCUT2D eigenvalue weighted by Gasteiger charge is -2.33. The van der Waals surface area contributed by atoms with Crippen LogP contribution in [0.15, 0.2) is 47.8 Å². The van der Waals surface area contributed by atoms with E-state index in [9.17, 15) is 4.79 Å². The minimum atomic E-state index is -0.259. The highest BCUT2D eigenvalue weighted by molar-refractivity contribution is 7.13. The summed E-state index contributed by atoms with van der Waals surface area (Å²) in [4.78, 5) is 18.3. The smallest absolute Gasteiger partial charge is 0.195 e. The van der Waals surface area contributed by atoms with E-state index in [1.165, 1.54) is 16.0 Å². The van der Waals surface area contributed by atoms with Crippen LogP contribution in [0.5, 0.6) is 0 Å². The zero-order valence-electron chi connectivity index (χ0n) is 15.9. The maximum absolute atomic E-state index is 13.5. The van der Waals surface area contributed by atoms with Crippen molar-refractivity contribution in [3.05, 3.63) is 81.4 Å². The van der Waals surface area contributed by atoms with Crippen molar-refractivity contribution < 1.29 is 4.79 Å². The lowest BCUT2D eigenvalue weighted by atomic mass is 9.70. The second kappa shape index (κ2) is 5.43. The van der Waals surface area contributed by atoms with Gasteiger partial charge in [0.1, 0.15) is 0 Å². The number of aromatic amines is 1. The van der Waals surface area contributed by atoms with Gasteiger partial charge in [0.15, 0.2) is 5.78 Å². The Kier molecular flexibility index (Phi) is 3.32. The van der Waals surface area contributed by atoms with Gasteiger partial charge in [-0.1, -0.05) is 32.0 Å². The Morgan fingerprint density at radius 3 is 2.56 bits per heavy atom. The topological polar surface area (TPSA) is 32.9 Å². The Labute approximate surface area is 162 Å². The first-order chi connectivity index (χ1) is 12.9. The van der Waals surface area contributed by atoms with Crippen molar-refractivity contribution in [2.24, 2.45) is 0 Å². The third-order valence-electron chi connectivity index (χ3n) is 5.88. The molecule has 0 spiro atoms. The Morgan fingerprint density at radius 2 is 1.81 bits per heavy atom. The molecule has 134 valence electrons. The molecule has 5 rings (SSSR count). The predicted octanol–water partition coefficient (Wildman–Crippen LogP) is 6.38. The number of thiophene rings is 1. The summed E-state index contributed by atoms with van der Waals surface area (Å²) in [6, 6.07) is 14.8. The number of carbonyl (C=O) groups excluding carboxylic acids is 1. The Balaban J connectivity index is 1.82. The number of hydrogen-bond donors (Lipinski definition) is 1. The molecule has 0 aliphatic heterocycles. The summed E-state index contributed by atoms with van der Waals surface area (Å²) in [5.74, 6) is 0.134. The van der Waals surface area contributed by atoms with Crippen LogP contribution in [0.1, 0.15) is 52.2 Å². The van der Waals surface area contributed by atoms with Gasteiger partial charge in [-0.05, 0) is 65.7 Å². The second-order valence-electron chi connectivity index (χ2n) is 8.07. The molecule has 27 heavy (non-hydrogen) atoms. The van der Waals surface area contributed by atoms with Crippen LogP contribution in [0.4, 0.5) is 0 Å². The Morgan fingerprint density at radius 1 is 1.00 bits per heavy atom. The normalized spacial score (nSPS) is 15.0. The van der Waals surface area contributed by atoms with E-state index in [4.69, 9.17) is 0 Å². The lowest BCUT2D eigenvalue weighted by molar-refractivity contribution is 0.103. The van der Waals surface area contributed by atoms with Crippen LogP contribution in [-0.2, 0) is 5.41 Å². The van der Waals surface area contributed by atoms with Crippen molar-refractivity contribution in [2.45, 2.75) is 33.1 Å². The van der Waals surface area contributed by atoms with E-state index in [1.54, 1.807) is 11.3 Å². The number of nitrogens with one attached hydrogen (secondary N) is 1. The molecule has 0 fully saturated rings. The minimum absolute atomic E-state index is 0.134. The van der Waals surface area contributed by atoms with Crippen molar-refractivity contribution in [1.82, 2.24) is 4.98 Å². The molecule has 0 saturated heterocycles. The summed E-state index contributed by atoms with van der Waals surface area (Å²) in [5, 5.41) is 3.13. The number of hydrogen-bond acceptors (Lipinski definition) is 2. The van der Waals surface area contributed by atoms with Crippen molar-refractivity contribution in [3.8, 4) is 10.4 Å². The molecule has 0 saturated carbocycles. The zero-order valence-corrected chi connectivity index (χ0v) is 16.8. The molecule has 0 bridgehead atoms. The zero-order chi connectivity index (χ0) is 18.9. The van der Waals surface area contributed by atoms with Gasteiger partial charge < -0.3 is 4.98 Å². The van der Waals surface area contributed by atoms with Crippen LogP contribution in [0.2, 0.25) is 0 Å². The summed E-state index contributed by atoms with van der Waals surface area (Å²) < 4.78 is 0. The quantitative estimate of drug-likeness (QED) is 0.413. The van der Waals surface area contributed by atoms with Crippen molar-refractivity contribution in [1.29, 1.82) is 0 Å². The van der Waals surface area contributed by atoms with Gasteiger partial charge in [-0.3, -0.25) is 4.79 Å². The highest BCUT2D eigenvalue weighted by atomic mass is 32.1. The fraction of sp³-hybridized carbons (Fsp3) is 0.208. The first-order valence-electron chi connectivity index (χ1n) is 9.24. The number of ketones is 1. The summed E-state index contributed by atoms with van der Waals surface area (Å²) in [5.41, 5.74) is 8.17. The molecular formula is C24H21NOS. The Bertz CT molecular complexity index is 1230. The molecule has 0 atom stereocenters. The first-order valence-corrected chi connectivity index (χ1v) is 10.1. The van der Waals surface area contributed by atoms with Gasteiger partial charge in [-0.2, -0.15) is 0 Å². The average molecular weight is 372 g/mol. The summed E-state index contributed by atoms with van der Waals surface area (Å²) >= 11 is 1.74. The molecule has 1 aliphatic rings. The highest BCUT2D eigenvalue weighted by Gasteiger charge is 2.40. The second-order valence-corrected chi connectivity index (χ2v) is 9.02. The molecule has 0 radical (unpaired) electrons. The fourth-order valence-electron chi connectivity index (χ4n) is 4.40. The van der Waals surface area contributed by atoms with Crippen LogP contribution in [0.25, 0.3) is 21.3 Å². The van der Waals surface area contributed by atoms with Crippen LogP contribution >= 0.6 is 11.3 Å². The van der Waals surface area contributed by atoms with Crippen molar-refractivity contribution >= 4 is 28.0 Å². The maximum Gasteiger partial charge on any atom is 0.195 e. The fourth-order valence-corrected chi connectivity index (χ4v) is 5.20. The molecule has 3 heteroatoms. The van der Waals surface area contributed by atoms with Gasteiger partial charge in [0.2, 0.25) is 0 Å². The van der Waals surface area contributed by atoms with Crippen molar-refractivity contribution in [3.63, 3.8) is 0 Å². The molecule has 1 N–H and O–H groups in total. The molecule has 4 aromatic rings. The van der Waals surface area contributed by atoms with Gasteiger partial charge in [-0.25, -0.2) is 0 Å². The third kappa shape index (κ3) is 2.21. The summed E-state index contributed by atoms with van der Waals surface area (Å²) in [6.07, 6.45) is 0. The third-order valence-corrected chi connectivity index (χ3v) is 6.78. The molecule has 0 unspecified atom stereocenters. The molecule has 2 heterocycles. The van der Waals surface area contributed by atoms with Crippen LogP contribution < -0.4 is 0 Å². The summed E-state index contributed by atoms with van der Waals surface area (Å²) in [6.45, 7) is 8.61. The van der Waals surface area contributed by atoms with E-state index < -0.39 is 0 Å². The van der Waals surface area contributed by atoms with E-state index in [2.05, 4.69) is 80.5 Å². The standard InChI is InChI=1S/C24H21NOS/c1-13-7-8-15-19(10-13)25-23-21(15)22(26)17-11-14(2)16(20-6-5-9-27-20)12-18(17)24(23,3)4/h5-12,25H,1-4H3. The van der Waals surface area contributed by atoms with Crippen LogP contribution in [-0.4, -0.2) is 10.8 Å². The van der Waals surface area contributed by atoms with E-state index in [0.717, 1.165) is 38.9 Å². The number of aromatic nitrogens is 1. The van der Waals surface area contributed by atoms with E-state index in [1.807, 2.05) is 0 Å². The van der Waals surface area contributed by atoms with Crippen LogP contribution in [0.3, 0.4) is 0 Å². The Hall–Kier alpha value is -2.65. The SMILES string of the molecule is Cc1ccc2c3c([nH]c2c1)C(C)(C)c1cc(-c2cccs2)c(C)cc1C3=O. The molecule has 2 nitrogen and oxygen atoms in total. The number of benzene rings is 2. The van der Waals surface area contributed by atoms with Gasteiger partial charge in [0.05, 0.1) is 5.56 Å². The lowest BCUT2D eigenvalue weighted by Crippen LogP contribution is -2.30. The minimum Gasteiger partial charge on any atom is -0.357 e. The maximum atomic E-state index is 13.5. The largest absolute Gasteiger partial charge is 0.357 e. The predicted molar refractivity (Wildman–Crippen MR) is 113 cm³/mol. The number of fused-ring (bicyclic) bond motifs is 4. The van der Waals surface area contributed by atoms with Gasteiger partial charge in [0.25, 0.3) is 0 Å². The molecule has 2 aromatic heterocycles. The number of H-pyrrole nitrogens is 1. The molecule has 1 aliphatic carbocycles. The highest BCUT2D eigenvalue weighted by Crippen LogP contribution is 2.45. The number of aryl methyl sites for hydroxylation is 2. The van der Waals surface area contributed by atoms with E-state index in [0.29, 0.717) is 0 Å². The van der Waals surface area contributed by atoms with E-state index >= 15 is 0 Å².